The summed E-state index contributed by atoms with van der Waals surface area (Å²) in [6.45, 7) is 13.1. The second-order valence-corrected chi connectivity index (χ2v) is 14.8. The van der Waals surface area contributed by atoms with Gasteiger partial charge >= 0.3 is 0 Å². The molecule has 4 atom stereocenters. The average Bonchev–Trinajstić information content (AvgIpc) is 3.87. The summed E-state index contributed by atoms with van der Waals surface area (Å²) in [4.78, 5) is 61.5. The predicted molar refractivity (Wildman–Crippen MR) is 198 cm³/mol. The molecule has 3 fully saturated rings. The number of benzene rings is 1. The van der Waals surface area contributed by atoms with Gasteiger partial charge in [-0.05, 0) is 57.6 Å². The van der Waals surface area contributed by atoms with Gasteiger partial charge in [0.1, 0.15) is 11.9 Å². The van der Waals surface area contributed by atoms with Gasteiger partial charge in [0.2, 0.25) is 11.8 Å². The highest BCUT2D eigenvalue weighted by Crippen LogP contribution is 2.32. The van der Waals surface area contributed by atoms with Crippen LogP contribution in [-0.4, -0.2) is 123 Å². The minimum Gasteiger partial charge on any atom is -0.383 e. The number of nitrogens with zero attached hydrogens (tertiary/aromatic N) is 6. The van der Waals surface area contributed by atoms with Crippen LogP contribution in [-0.2, 0) is 9.59 Å². The van der Waals surface area contributed by atoms with Crippen molar-refractivity contribution in [3.05, 3.63) is 53.3 Å². The monoisotopic (exact) mass is 712 g/mol. The molecule has 4 N–H and O–H groups in total. The molecule has 2 saturated heterocycles. The number of nitrogens with one attached hydrogen (secondary N) is 4. The van der Waals surface area contributed by atoms with Crippen LogP contribution in [0.4, 0.5) is 11.5 Å². The van der Waals surface area contributed by atoms with Gasteiger partial charge in [0, 0.05) is 99.8 Å². The van der Waals surface area contributed by atoms with Crippen LogP contribution in [0.25, 0.3) is 5.65 Å². The summed E-state index contributed by atoms with van der Waals surface area (Å²) in [6.07, 6.45) is 7.57. The number of rotatable bonds is 14. The van der Waals surface area contributed by atoms with Crippen LogP contribution in [0.15, 0.2) is 36.5 Å². The number of anilines is 2. The second-order valence-electron chi connectivity index (χ2n) is 14.8. The van der Waals surface area contributed by atoms with E-state index in [0.29, 0.717) is 41.8 Å². The van der Waals surface area contributed by atoms with E-state index in [4.69, 9.17) is 4.98 Å². The van der Waals surface area contributed by atoms with E-state index in [0.717, 1.165) is 93.4 Å². The molecule has 3 aromatic rings. The number of hydrogen-bond acceptors (Lipinski definition) is 11. The molecule has 1 aliphatic carbocycles. The highest BCUT2D eigenvalue weighted by molar-refractivity contribution is 6.25. The topological polar surface area (TPSA) is 156 Å². The van der Waals surface area contributed by atoms with Gasteiger partial charge in [-0.3, -0.25) is 39.2 Å². The zero-order chi connectivity index (χ0) is 36.4. The molecular formula is C38H52N10O4. The standard InChI is InChI=1S/C38H52N10O4/c1-4-25(5-2)30-22-33(48-32(43-30)13-14-41-48)42-27-10-9-26(21-27)40-23-24(3)46-19-17-45(18-20-46)16-15-39-29-8-6-7-28-35(29)38(52)47(37(28)51)31-11-12-34(49)44-36(31)50/h6-8,13-14,22,24-27,31,39-40,42H,4-5,9-12,15-21,23H2,1-3H3,(H,44,49,50)/t24?,26-,27-,31?/m0/s1. The summed E-state index contributed by atoms with van der Waals surface area (Å²) >= 11 is 0. The molecule has 14 nitrogen and oxygen atoms in total. The molecule has 3 aliphatic heterocycles. The molecule has 278 valence electrons. The van der Waals surface area contributed by atoms with Crippen LogP contribution >= 0.6 is 0 Å². The molecule has 4 amide bonds. The maximum absolute atomic E-state index is 13.4. The lowest BCUT2D eigenvalue weighted by Gasteiger charge is -2.38. The zero-order valence-electron chi connectivity index (χ0n) is 30.6. The molecule has 5 heterocycles. The molecular weight excluding hydrogens is 660 g/mol. The molecule has 52 heavy (non-hydrogen) atoms. The second kappa shape index (κ2) is 15.7. The number of imide groups is 2. The molecule has 0 spiro atoms. The molecule has 2 aromatic heterocycles. The van der Waals surface area contributed by atoms with Gasteiger partial charge in [-0.25, -0.2) is 4.98 Å². The largest absolute Gasteiger partial charge is 0.383 e. The number of hydrogen-bond donors (Lipinski definition) is 4. The van der Waals surface area contributed by atoms with Crippen molar-refractivity contribution in [3.8, 4) is 0 Å². The fourth-order valence-corrected chi connectivity index (χ4v) is 8.36. The van der Waals surface area contributed by atoms with Crippen LogP contribution in [0.5, 0.6) is 0 Å². The first-order valence-electron chi connectivity index (χ1n) is 19.1. The summed E-state index contributed by atoms with van der Waals surface area (Å²) < 4.78 is 1.93. The van der Waals surface area contributed by atoms with Crippen molar-refractivity contribution in [1.29, 1.82) is 0 Å². The summed E-state index contributed by atoms with van der Waals surface area (Å²) in [5.74, 6) is -0.480. The Morgan fingerprint density at radius 1 is 0.962 bits per heavy atom. The maximum Gasteiger partial charge on any atom is 0.264 e. The van der Waals surface area contributed by atoms with Gasteiger partial charge < -0.3 is 16.0 Å². The molecule has 0 radical (unpaired) electrons. The summed E-state index contributed by atoms with van der Waals surface area (Å²) in [5.41, 5.74) is 3.22. The Morgan fingerprint density at radius 2 is 1.75 bits per heavy atom. The molecule has 14 heteroatoms. The van der Waals surface area contributed by atoms with E-state index in [1.54, 1.807) is 18.2 Å². The van der Waals surface area contributed by atoms with Gasteiger partial charge in [0.15, 0.2) is 5.65 Å². The van der Waals surface area contributed by atoms with Crippen molar-refractivity contribution in [2.24, 2.45) is 0 Å². The Balaban J connectivity index is 0.841. The van der Waals surface area contributed by atoms with Crippen molar-refractivity contribution in [2.75, 3.05) is 56.4 Å². The third-order valence-corrected chi connectivity index (χ3v) is 11.5. The van der Waals surface area contributed by atoms with Gasteiger partial charge in [-0.2, -0.15) is 9.61 Å². The average molecular weight is 713 g/mol. The number of carbonyl (C=O) groups excluding carboxylic acids is 4. The van der Waals surface area contributed by atoms with E-state index in [2.05, 4.69) is 63.0 Å². The van der Waals surface area contributed by atoms with Gasteiger partial charge in [0.05, 0.1) is 17.3 Å². The van der Waals surface area contributed by atoms with Crippen molar-refractivity contribution < 1.29 is 19.2 Å². The third-order valence-electron chi connectivity index (χ3n) is 11.5. The van der Waals surface area contributed by atoms with E-state index in [-0.39, 0.29) is 24.3 Å². The SMILES string of the molecule is CCC(CC)c1cc(N[C@H]2CC[C@H](NCC(C)N3CCN(CCNc4cccc5c4C(=O)N(C4CCC(=O)NC4=O)C5=O)CC3)C2)n2nccc2n1. The van der Waals surface area contributed by atoms with Crippen LogP contribution in [0.1, 0.15) is 98.0 Å². The van der Waals surface area contributed by atoms with Gasteiger partial charge in [0.25, 0.3) is 11.8 Å². The Kier molecular flexibility index (Phi) is 10.9. The minimum atomic E-state index is -0.973. The molecule has 2 unspecified atom stereocenters. The van der Waals surface area contributed by atoms with E-state index in [1.165, 1.54) is 0 Å². The Morgan fingerprint density at radius 3 is 2.52 bits per heavy atom. The fraction of sp³-hybridized carbons (Fsp3) is 0.579. The summed E-state index contributed by atoms with van der Waals surface area (Å²) in [7, 11) is 0. The Bertz CT molecular complexity index is 1800. The van der Waals surface area contributed by atoms with E-state index >= 15 is 0 Å². The predicted octanol–water partition coefficient (Wildman–Crippen LogP) is 3.07. The molecule has 4 aliphatic rings. The summed E-state index contributed by atoms with van der Waals surface area (Å²) in [6, 6.07) is 9.70. The minimum absolute atomic E-state index is 0.0967. The van der Waals surface area contributed by atoms with Gasteiger partial charge in [-0.15, -0.1) is 0 Å². The van der Waals surface area contributed by atoms with Crippen molar-refractivity contribution in [3.63, 3.8) is 0 Å². The number of aromatic nitrogens is 3. The van der Waals surface area contributed by atoms with Crippen molar-refractivity contribution >= 4 is 40.8 Å². The van der Waals surface area contributed by atoms with Crippen LogP contribution in [0.2, 0.25) is 0 Å². The van der Waals surface area contributed by atoms with E-state index in [9.17, 15) is 19.2 Å². The Hall–Kier alpha value is -4.40. The highest BCUT2D eigenvalue weighted by Gasteiger charge is 2.45. The Labute approximate surface area is 305 Å². The number of carbonyl (C=O) groups is 4. The zero-order valence-corrected chi connectivity index (χ0v) is 30.6. The van der Waals surface area contributed by atoms with Crippen LogP contribution in [0, 0.1) is 0 Å². The van der Waals surface area contributed by atoms with Crippen molar-refractivity contribution in [1.82, 2.24) is 39.9 Å². The quantitative estimate of drug-likeness (QED) is 0.182. The third kappa shape index (κ3) is 7.42. The normalized spacial score (nSPS) is 23.5. The first kappa shape index (κ1) is 36.0. The van der Waals surface area contributed by atoms with E-state index < -0.39 is 23.8 Å². The smallest absolute Gasteiger partial charge is 0.264 e. The first-order chi connectivity index (χ1) is 25.2. The molecule has 1 aromatic carbocycles. The number of amides is 4. The number of piperazine rings is 1. The fourth-order valence-electron chi connectivity index (χ4n) is 8.36. The lowest BCUT2D eigenvalue weighted by atomic mass is 9.99. The van der Waals surface area contributed by atoms with Crippen molar-refractivity contribution in [2.45, 2.75) is 95.8 Å². The molecule has 0 bridgehead atoms. The van der Waals surface area contributed by atoms with Crippen LogP contribution in [0.3, 0.4) is 0 Å². The number of fused-ring (bicyclic) bond motifs is 2. The first-order valence-corrected chi connectivity index (χ1v) is 19.1. The maximum atomic E-state index is 13.4. The lowest BCUT2D eigenvalue weighted by molar-refractivity contribution is -0.136. The molecule has 7 rings (SSSR count). The highest BCUT2D eigenvalue weighted by atomic mass is 16.2. The number of piperidine rings is 1. The van der Waals surface area contributed by atoms with E-state index in [1.807, 2.05) is 16.8 Å². The summed E-state index contributed by atoms with van der Waals surface area (Å²) in [5, 5.41) is 17.8. The van der Waals surface area contributed by atoms with Gasteiger partial charge in [-0.1, -0.05) is 19.9 Å². The van der Waals surface area contributed by atoms with Crippen LogP contribution < -0.4 is 21.3 Å². The molecule has 1 saturated carbocycles. The lowest BCUT2D eigenvalue weighted by Crippen LogP contribution is -2.54.